The molecule has 7 heteroatoms. The van der Waals surface area contributed by atoms with E-state index in [0.29, 0.717) is 18.0 Å². The van der Waals surface area contributed by atoms with E-state index in [0.717, 1.165) is 59.0 Å². The van der Waals surface area contributed by atoms with Gasteiger partial charge in [-0.15, -0.1) is 0 Å². The Kier molecular flexibility index (Phi) is 7.72. The predicted molar refractivity (Wildman–Crippen MR) is 105 cm³/mol. The summed E-state index contributed by atoms with van der Waals surface area (Å²) in [5.74, 6) is 1.40. The Morgan fingerprint density at radius 2 is 1.78 bits per heavy atom. The number of β-amino-alcohol motifs (C(OH)–C–C–N with tert-alkyl or cyclic N) is 1. The highest BCUT2D eigenvalue weighted by molar-refractivity contribution is 5.43. The molecule has 3 rings (SSSR count). The van der Waals surface area contributed by atoms with Gasteiger partial charge in [-0.25, -0.2) is 0 Å². The number of hydrogen-bond donors (Lipinski definition) is 1. The van der Waals surface area contributed by atoms with Gasteiger partial charge in [0.25, 0.3) is 0 Å². The molecule has 1 aromatic carbocycles. The number of benzene rings is 1. The minimum absolute atomic E-state index is 0.268. The fraction of sp³-hybridized carbons (Fsp3) is 0.700. The van der Waals surface area contributed by atoms with E-state index in [-0.39, 0.29) is 6.61 Å². The van der Waals surface area contributed by atoms with E-state index in [1.54, 1.807) is 7.11 Å². The molecule has 7 nitrogen and oxygen atoms in total. The summed E-state index contributed by atoms with van der Waals surface area (Å²) >= 11 is 0. The second kappa shape index (κ2) is 10.2. The molecule has 0 aromatic heterocycles. The number of morpholine rings is 1. The van der Waals surface area contributed by atoms with Crippen LogP contribution in [-0.2, 0) is 11.3 Å². The molecule has 2 saturated heterocycles. The molecule has 0 spiro atoms. The van der Waals surface area contributed by atoms with E-state index in [1.807, 2.05) is 12.1 Å². The highest BCUT2D eigenvalue weighted by atomic mass is 16.5. The monoisotopic (exact) mass is 379 g/mol. The average Bonchev–Trinajstić information content (AvgIpc) is 2.69. The molecule has 0 bridgehead atoms. The summed E-state index contributed by atoms with van der Waals surface area (Å²) in [4.78, 5) is 6.97. The number of rotatable bonds is 8. The van der Waals surface area contributed by atoms with Crippen LogP contribution in [0.2, 0.25) is 0 Å². The first-order valence-corrected chi connectivity index (χ1v) is 9.83. The molecule has 0 unspecified atom stereocenters. The van der Waals surface area contributed by atoms with Crippen molar-refractivity contribution in [1.82, 2.24) is 14.7 Å². The number of piperazine rings is 1. The molecule has 2 heterocycles. The van der Waals surface area contributed by atoms with Gasteiger partial charge in [-0.05, 0) is 24.7 Å². The van der Waals surface area contributed by atoms with Gasteiger partial charge in [0.2, 0.25) is 0 Å². The van der Waals surface area contributed by atoms with Crippen LogP contribution in [-0.4, -0.2) is 106 Å². The van der Waals surface area contributed by atoms with E-state index in [2.05, 4.69) is 27.8 Å². The predicted octanol–water partition coefficient (Wildman–Crippen LogP) is 0.515. The van der Waals surface area contributed by atoms with E-state index >= 15 is 0 Å². The first-order chi connectivity index (χ1) is 13.1. The Labute approximate surface area is 162 Å². The Morgan fingerprint density at radius 3 is 2.48 bits per heavy atom. The second-order valence-corrected chi connectivity index (χ2v) is 7.44. The minimum atomic E-state index is -0.513. The maximum atomic E-state index is 10.4. The summed E-state index contributed by atoms with van der Waals surface area (Å²) in [6.07, 6.45) is -0.513. The van der Waals surface area contributed by atoms with Crippen molar-refractivity contribution >= 4 is 0 Å². The molecule has 27 heavy (non-hydrogen) atoms. The van der Waals surface area contributed by atoms with Crippen LogP contribution in [0.25, 0.3) is 0 Å². The van der Waals surface area contributed by atoms with Gasteiger partial charge in [0.15, 0.2) is 11.5 Å². The fourth-order valence-electron chi connectivity index (χ4n) is 3.52. The highest BCUT2D eigenvalue weighted by Gasteiger charge is 2.18. The third-order valence-electron chi connectivity index (χ3n) is 5.23. The van der Waals surface area contributed by atoms with Crippen molar-refractivity contribution in [1.29, 1.82) is 0 Å². The van der Waals surface area contributed by atoms with Crippen LogP contribution >= 0.6 is 0 Å². The van der Waals surface area contributed by atoms with Gasteiger partial charge in [-0.1, -0.05) is 6.07 Å². The quantitative estimate of drug-likeness (QED) is 0.706. The van der Waals surface area contributed by atoms with Crippen molar-refractivity contribution in [3.05, 3.63) is 23.8 Å². The number of methoxy groups -OCH3 is 1. The molecule has 2 fully saturated rings. The lowest BCUT2D eigenvalue weighted by atomic mass is 10.2. The molecule has 0 saturated carbocycles. The fourth-order valence-corrected chi connectivity index (χ4v) is 3.52. The van der Waals surface area contributed by atoms with Crippen molar-refractivity contribution in [2.75, 3.05) is 79.8 Å². The Balaban J connectivity index is 1.52. The number of ether oxygens (including phenoxy) is 3. The molecule has 0 amide bonds. The third kappa shape index (κ3) is 6.33. The van der Waals surface area contributed by atoms with Crippen LogP contribution in [0, 0.1) is 0 Å². The zero-order valence-electron chi connectivity index (χ0n) is 16.6. The molecule has 2 aliphatic rings. The Hall–Kier alpha value is -1.38. The van der Waals surface area contributed by atoms with Crippen molar-refractivity contribution < 1.29 is 19.3 Å². The number of nitrogens with zero attached hydrogens (tertiary/aromatic N) is 3. The summed E-state index contributed by atoms with van der Waals surface area (Å²) in [6.45, 7) is 9.34. The van der Waals surface area contributed by atoms with Gasteiger partial charge < -0.3 is 24.2 Å². The maximum absolute atomic E-state index is 10.4. The normalized spacial score (nSPS) is 21.1. The molecule has 1 aromatic rings. The van der Waals surface area contributed by atoms with Gasteiger partial charge >= 0.3 is 0 Å². The maximum Gasteiger partial charge on any atom is 0.161 e. The van der Waals surface area contributed by atoms with Crippen molar-refractivity contribution in [2.45, 2.75) is 12.6 Å². The summed E-state index contributed by atoms with van der Waals surface area (Å²) in [7, 11) is 3.78. The molecule has 1 N–H and O–H groups in total. The van der Waals surface area contributed by atoms with E-state index in [1.165, 1.54) is 5.56 Å². The topological polar surface area (TPSA) is 57.6 Å². The minimum Gasteiger partial charge on any atom is -0.493 e. The van der Waals surface area contributed by atoms with E-state index < -0.39 is 6.10 Å². The van der Waals surface area contributed by atoms with Gasteiger partial charge in [0.05, 0.1) is 20.3 Å². The van der Waals surface area contributed by atoms with Gasteiger partial charge in [0.1, 0.15) is 12.7 Å². The van der Waals surface area contributed by atoms with Crippen LogP contribution < -0.4 is 9.47 Å². The zero-order valence-corrected chi connectivity index (χ0v) is 16.6. The van der Waals surface area contributed by atoms with Crippen molar-refractivity contribution in [2.24, 2.45) is 0 Å². The summed E-state index contributed by atoms with van der Waals surface area (Å²) in [6, 6.07) is 6.04. The smallest absolute Gasteiger partial charge is 0.161 e. The first kappa shape index (κ1) is 20.4. The van der Waals surface area contributed by atoms with Crippen LogP contribution in [0.1, 0.15) is 5.56 Å². The van der Waals surface area contributed by atoms with Crippen LogP contribution in [0.4, 0.5) is 0 Å². The number of hydrogen-bond acceptors (Lipinski definition) is 7. The Bertz CT molecular complexity index is 572. The van der Waals surface area contributed by atoms with Gasteiger partial charge in [0, 0.05) is 52.4 Å². The lowest BCUT2D eigenvalue weighted by Gasteiger charge is -2.33. The molecule has 2 aliphatic heterocycles. The summed E-state index contributed by atoms with van der Waals surface area (Å²) in [5.41, 5.74) is 1.18. The molecular weight excluding hydrogens is 346 g/mol. The average molecular weight is 380 g/mol. The standard InChI is InChI=1S/C20H33N3O4/c1-21-5-7-22(8-6-21)15-18(24)16-27-20-13-17(3-4-19(20)25-2)14-23-9-11-26-12-10-23/h3-4,13,18,24H,5-12,14-16H2,1-2H3/t18-/m1/s1. The first-order valence-electron chi connectivity index (χ1n) is 9.83. The highest BCUT2D eigenvalue weighted by Crippen LogP contribution is 2.29. The van der Waals surface area contributed by atoms with Gasteiger partial charge in [-0.2, -0.15) is 0 Å². The van der Waals surface area contributed by atoms with Crippen LogP contribution in [0.15, 0.2) is 18.2 Å². The summed E-state index contributed by atoms with van der Waals surface area (Å²) < 4.78 is 16.8. The number of aliphatic hydroxyl groups excluding tert-OH is 1. The Morgan fingerprint density at radius 1 is 1.04 bits per heavy atom. The number of aliphatic hydroxyl groups is 1. The largest absolute Gasteiger partial charge is 0.493 e. The molecule has 0 radical (unpaired) electrons. The van der Waals surface area contributed by atoms with E-state index in [4.69, 9.17) is 14.2 Å². The summed E-state index contributed by atoms with van der Waals surface area (Å²) in [5, 5.41) is 10.4. The molecule has 152 valence electrons. The zero-order chi connectivity index (χ0) is 19.1. The van der Waals surface area contributed by atoms with Crippen LogP contribution in [0.5, 0.6) is 11.5 Å². The molecule has 0 aliphatic carbocycles. The van der Waals surface area contributed by atoms with E-state index in [9.17, 15) is 5.11 Å². The SMILES string of the molecule is COc1ccc(CN2CCOCC2)cc1OC[C@H](O)CN1CCN(C)CC1. The lowest BCUT2D eigenvalue weighted by Crippen LogP contribution is -2.47. The second-order valence-electron chi connectivity index (χ2n) is 7.44. The molecule has 1 atom stereocenters. The number of likely N-dealkylation sites (N-methyl/N-ethyl adjacent to an activating group) is 1. The third-order valence-corrected chi connectivity index (χ3v) is 5.23. The molecular formula is C20H33N3O4. The van der Waals surface area contributed by atoms with Crippen molar-refractivity contribution in [3.63, 3.8) is 0 Å². The van der Waals surface area contributed by atoms with Crippen molar-refractivity contribution in [3.8, 4) is 11.5 Å². The van der Waals surface area contributed by atoms with Gasteiger partial charge in [-0.3, -0.25) is 9.80 Å². The van der Waals surface area contributed by atoms with Crippen LogP contribution in [0.3, 0.4) is 0 Å². The lowest BCUT2D eigenvalue weighted by molar-refractivity contribution is 0.0340.